The first-order chi connectivity index (χ1) is 16.4. The molecule has 3 aromatic rings. The Morgan fingerprint density at radius 3 is 2.21 bits per heavy atom. The van der Waals surface area contributed by atoms with Gasteiger partial charge in [0.05, 0.1) is 12.0 Å². The summed E-state index contributed by atoms with van der Waals surface area (Å²) in [7, 11) is 3.45. The highest BCUT2D eigenvalue weighted by molar-refractivity contribution is 7.80. The minimum absolute atomic E-state index is 0.0241. The monoisotopic (exact) mass is 477 g/mol. The maximum absolute atomic E-state index is 12.8. The number of anilines is 1. The topological polar surface area (TPSA) is 79.9 Å². The molecule has 2 N–H and O–H groups in total. The molecule has 3 aromatic carbocycles. The van der Waals surface area contributed by atoms with Gasteiger partial charge >= 0.3 is 0 Å². The van der Waals surface area contributed by atoms with Gasteiger partial charge in [0.1, 0.15) is 24.7 Å². The van der Waals surface area contributed by atoms with Crippen molar-refractivity contribution < 1.29 is 19.1 Å². The lowest BCUT2D eigenvalue weighted by atomic mass is 10.1. The zero-order valence-electron chi connectivity index (χ0n) is 19.1. The maximum atomic E-state index is 12.8. The van der Waals surface area contributed by atoms with Crippen molar-refractivity contribution in [2.24, 2.45) is 0 Å². The molecule has 0 fully saturated rings. The summed E-state index contributed by atoms with van der Waals surface area (Å²) in [4.78, 5) is 26.1. The van der Waals surface area contributed by atoms with Gasteiger partial charge in [-0.15, -0.1) is 0 Å². The summed E-state index contributed by atoms with van der Waals surface area (Å²) in [6.07, 6.45) is 0.321. The zero-order valence-corrected chi connectivity index (χ0v) is 19.9. The van der Waals surface area contributed by atoms with Crippen molar-refractivity contribution in [3.05, 3.63) is 90.0 Å². The summed E-state index contributed by atoms with van der Waals surface area (Å²) < 4.78 is 11.4. The van der Waals surface area contributed by atoms with Crippen LogP contribution in [-0.4, -0.2) is 49.1 Å². The number of hydrogen-bond acceptors (Lipinski definition) is 5. The van der Waals surface area contributed by atoms with Crippen LogP contribution < -0.4 is 20.1 Å². The molecule has 0 saturated heterocycles. The van der Waals surface area contributed by atoms with Crippen LogP contribution in [0.2, 0.25) is 0 Å². The predicted octanol–water partition coefficient (Wildman–Crippen LogP) is 3.90. The molecule has 176 valence electrons. The number of hydrogen-bond donors (Lipinski definition) is 2. The fraction of sp³-hybridized carbons (Fsp3) is 0.192. The van der Waals surface area contributed by atoms with Crippen LogP contribution in [0.5, 0.6) is 11.5 Å². The summed E-state index contributed by atoms with van der Waals surface area (Å²) in [5.41, 5.74) is 1.96. The van der Waals surface area contributed by atoms with Gasteiger partial charge in [0, 0.05) is 19.8 Å². The van der Waals surface area contributed by atoms with Crippen molar-refractivity contribution in [3.63, 3.8) is 0 Å². The number of para-hydroxylation sites is 2. The highest BCUT2D eigenvalue weighted by atomic mass is 32.1. The number of nitrogens with zero attached hydrogens (tertiary/aromatic N) is 1. The SMILES string of the molecule is CN(C)C(=O)Cc1ccc(NC(=S)NC(=O)c2ccccc2OCCOc2ccccc2)cc1. The summed E-state index contributed by atoms with van der Waals surface area (Å²) >= 11 is 5.29. The zero-order chi connectivity index (χ0) is 24.3. The Kier molecular flexibility index (Phi) is 8.99. The third-order valence-electron chi connectivity index (χ3n) is 4.78. The van der Waals surface area contributed by atoms with Crippen molar-refractivity contribution in [3.8, 4) is 11.5 Å². The number of benzene rings is 3. The second kappa shape index (κ2) is 12.4. The highest BCUT2D eigenvalue weighted by Gasteiger charge is 2.14. The van der Waals surface area contributed by atoms with E-state index < -0.39 is 0 Å². The number of carbonyl (C=O) groups excluding carboxylic acids is 2. The molecule has 0 atom stereocenters. The number of likely N-dealkylation sites (N-methyl/N-ethyl adjacent to an activating group) is 1. The third-order valence-corrected chi connectivity index (χ3v) is 4.98. The molecule has 0 heterocycles. The average molecular weight is 478 g/mol. The first kappa shape index (κ1) is 24.7. The van der Waals surface area contributed by atoms with Gasteiger partial charge in [-0.2, -0.15) is 0 Å². The number of carbonyl (C=O) groups is 2. The van der Waals surface area contributed by atoms with E-state index in [-0.39, 0.29) is 23.5 Å². The molecule has 34 heavy (non-hydrogen) atoms. The highest BCUT2D eigenvalue weighted by Crippen LogP contribution is 2.18. The molecule has 0 aromatic heterocycles. The minimum Gasteiger partial charge on any atom is -0.490 e. The molecule has 3 rings (SSSR count). The van der Waals surface area contributed by atoms with Crippen LogP contribution in [-0.2, 0) is 11.2 Å². The number of nitrogens with one attached hydrogen (secondary N) is 2. The van der Waals surface area contributed by atoms with Crippen molar-refractivity contribution in [2.75, 3.05) is 32.6 Å². The van der Waals surface area contributed by atoms with E-state index in [9.17, 15) is 9.59 Å². The van der Waals surface area contributed by atoms with Crippen LogP contribution in [0, 0.1) is 0 Å². The van der Waals surface area contributed by atoms with E-state index in [2.05, 4.69) is 10.6 Å². The molecule has 2 amide bonds. The lowest BCUT2D eigenvalue weighted by Gasteiger charge is -2.14. The quantitative estimate of drug-likeness (QED) is 0.359. The van der Waals surface area contributed by atoms with Gasteiger partial charge in [-0.1, -0.05) is 42.5 Å². The van der Waals surface area contributed by atoms with Crippen LogP contribution in [0.3, 0.4) is 0 Å². The van der Waals surface area contributed by atoms with Gasteiger partial charge in [-0.05, 0) is 54.2 Å². The number of thiocarbonyl (C=S) groups is 1. The summed E-state index contributed by atoms with van der Waals surface area (Å²) in [6.45, 7) is 0.626. The standard InChI is InChI=1S/C26H27N3O4S/c1-29(2)24(30)18-19-12-14-20(15-13-19)27-26(34)28-25(31)22-10-6-7-11-23(22)33-17-16-32-21-8-4-3-5-9-21/h3-15H,16-18H2,1-2H3,(H2,27,28,31,34). The summed E-state index contributed by atoms with van der Waals surface area (Å²) in [5.74, 6) is 0.835. The lowest BCUT2D eigenvalue weighted by Crippen LogP contribution is -2.34. The van der Waals surface area contributed by atoms with E-state index in [1.165, 1.54) is 0 Å². The molecular formula is C26H27N3O4S. The Labute approximate surface area is 204 Å². The van der Waals surface area contributed by atoms with E-state index in [0.717, 1.165) is 11.3 Å². The summed E-state index contributed by atoms with van der Waals surface area (Å²) in [6, 6.07) is 23.7. The number of rotatable bonds is 9. The van der Waals surface area contributed by atoms with E-state index in [4.69, 9.17) is 21.7 Å². The van der Waals surface area contributed by atoms with Gasteiger partial charge in [0.2, 0.25) is 5.91 Å². The van der Waals surface area contributed by atoms with Gasteiger partial charge in [0.25, 0.3) is 5.91 Å². The van der Waals surface area contributed by atoms with Gasteiger partial charge in [-0.25, -0.2) is 0 Å². The van der Waals surface area contributed by atoms with Crippen LogP contribution in [0.15, 0.2) is 78.9 Å². The molecule has 0 radical (unpaired) electrons. The largest absolute Gasteiger partial charge is 0.490 e. The van der Waals surface area contributed by atoms with E-state index >= 15 is 0 Å². The molecule has 0 aliphatic heterocycles. The molecular weight excluding hydrogens is 450 g/mol. The third kappa shape index (κ3) is 7.60. The maximum Gasteiger partial charge on any atom is 0.261 e. The molecule has 0 aliphatic rings. The molecule has 8 heteroatoms. The van der Waals surface area contributed by atoms with Crippen molar-refractivity contribution in [1.29, 1.82) is 0 Å². The van der Waals surface area contributed by atoms with Crippen molar-refractivity contribution >= 4 is 34.8 Å². The van der Waals surface area contributed by atoms with E-state index in [1.807, 2.05) is 42.5 Å². The molecule has 0 aliphatic carbocycles. The Morgan fingerprint density at radius 2 is 1.50 bits per heavy atom. The van der Waals surface area contributed by atoms with Gasteiger partial charge in [0.15, 0.2) is 5.11 Å². The van der Waals surface area contributed by atoms with Gasteiger partial charge in [-0.3, -0.25) is 14.9 Å². The smallest absolute Gasteiger partial charge is 0.261 e. The summed E-state index contributed by atoms with van der Waals surface area (Å²) in [5, 5.41) is 5.81. The molecule has 0 saturated carbocycles. The normalized spacial score (nSPS) is 10.2. The Balaban J connectivity index is 1.51. The van der Waals surface area contributed by atoms with Gasteiger partial charge < -0.3 is 19.7 Å². The molecule has 0 spiro atoms. The second-order valence-corrected chi connectivity index (χ2v) is 7.98. The first-order valence-corrected chi connectivity index (χ1v) is 11.1. The number of amides is 2. The Hall–Kier alpha value is -3.91. The van der Waals surface area contributed by atoms with Crippen molar-refractivity contribution in [1.82, 2.24) is 10.2 Å². The fourth-order valence-corrected chi connectivity index (χ4v) is 3.19. The second-order valence-electron chi connectivity index (χ2n) is 7.58. The average Bonchev–Trinajstić information content (AvgIpc) is 2.83. The van der Waals surface area contributed by atoms with Crippen LogP contribution in [0.4, 0.5) is 5.69 Å². The first-order valence-electron chi connectivity index (χ1n) is 10.7. The van der Waals surface area contributed by atoms with E-state index in [0.29, 0.717) is 30.0 Å². The molecule has 0 bridgehead atoms. The van der Waals surface area contributed by atoms with Crippen molar-refractivity contribution in [2.45, 2.75) is 6.42 Å². The Morgan fingerprint density at radius 1 is 0.853 bits per heavy atom. The lowest BCUT2D eigenvalue weighted by molar-refractivity contribution is -0.127. The molecule has 7 nitrogen and oxygen atoms in total. The van der Waals surface area contributed by atoms with Crippen LogP contribution in [0.1, 0.15) is 15.9 Å². The number of ether oxygens (including phenoxy) is 2. The van der Waals surface area contributed by atoms with Crippen LogP contribution >= 0.6 is 12.2 Å². The molecule has 0 unspecified atom stereocenters. The van der Waals surface area contributed by atoms with E-state index in [1.54, 1.807) is 55.4 Å². The minimum atomic E-state index is -0.384. The fourth-order valence-electron chi connectivity index (χ4n) is 2.98. The predicted molar refractivity (Wildman–Crippen MR) is 136 cm³/mol. The van der Waals surface area contributed by atoms with Crippen LogP contribution in [0.25, 0.3) is 0 Å². The Bertz CT molecular complexity index is 1120.